The predicted octanol–water partition coefficient (Wildman–Crippen LogP) is 6.34. The molecule has 1 aliphatic heterocycles. The molecule has 4 aromatic rings. The number of methoxy groups -OCH3 is 1. The lowest BCUT2D eigenvalue weighted by molar-refractivity contribution is 0.0906. The molecule has 1 fully saturated rings. The molecular weight excluding hydrogens is 540 g/mol. The van der Waals surface area contributed by atoms with Crippen molar-refractivity contribution in [2.75, 3.05) is 37.5 Å². The van der Waals surface area contributed by atoms with E-state index in [1.54, 1.807) is 37.4 Å². The average molecular weight is 579 g/mol. The molecule has 43 heavy (non-hydrogen) atoms. The number of likely N-dealkylation sites (tertiary alicyclic amines) is 1. The third-order valence-electron chi connectivity index (χ3n) is 7.65. The van der Waals surface area contributed by atoms with E-state index in [2.05, 4.69) is 39.8 Å². The maximum absolute atomic E-state index is 13.2. The molecule has 5 rings (SSSR count). The summed E-state index contributed by atoms with van der Waals surface area (Å²) < 4.78 is 11.4. The maximum atomic E-state index is 13.2. The Morgan fingerprint density at radius 3 is 2.16 bits per heavy atom. The van der Waals surface area contributed by atoms with Crippen LogP contribution in [0.5, 0.6) is 11.5 Å². The normalized spacial score (nSPS) is 13.6. The predicted molar refractivity (Wildman–Crippen MR) is 170 cm³/mol. The van der Waals surface area contributed by atoms with E-state index in [4.69, 9.17) is 9.47 Å². The Labute approximate surface area is 253 Å². The van der Waals surface area contributed by atoms with Gasteiger partial charge in [0, 0.05) is 50.2 Å². The molecule has 8 heteroatoms. The molecule has 2 N–H and O–H groups in total. The molecule has 0 atom stereocenters. The molecule has 4 aromatic carbocycles. The molecule has 0 radical (unpaired) electrons. The fourth-order valence-corrected chi connectivity index (χ4v) is 5.12. The lowest BCUT2D eigenvalue weighted by atomic mass is 10.0. The van der Waals surface area contributed by atoms with Gasteiger partial charge in [-0.2, -0.15) is 0 Å². The first kappa shape index (κ1) is 29.7. The molecule has 0 aliphatic carbocycles. The molecule has 0 unspecified atom stereocenters. The van der Waals surface area contributed by atoms with Crippen LogP contribution in [-0.4, -0.2) is 50.1 Å². The zero-order chi connectivity index (χ0) is 30.0. The van der Waals surface area contributed by atoms with E-state index in [1.807, 2.05) is 48.5 Å². The van der Waals surface area contributed by atoms with Crippen LogP contribution in [0.15, 0.2) is 103 Å². The quantitative estimate of drug-likeness (QED) is 0.230. The van der Waals surface area contributed by atoms with Gasteiger partial charge >= 0.3 is 6.03 Å². The number of carbonyl (C=O) groups excluding carboxylic acids is 2. The van der Waals surface area contributed by atoms with Gasteiger partial charge < -0.3 is 20.1 Å². The summed E-state index contributed by atoms with van der Waals surface area (Å²) in [6.07, 6.45) is 1.78. The van der Waals surface area contributed by atoms with Crippen LogP contribution in [-0.2, 0) is 13.2 Å². The first-order valence-electron chi connectivity index (χ1n) is 14.5. The first-order chi connectivity index (χ1) is 21.0. The summed E-state index contributed by atoms with van der Waals surface area (Å²) in [5.74, 6) is 0.953. The second-order valence-corrected chi connectivity index (χ2v) is 10.7. The fraction of sp³-hybridized carbons (Fsp3) is 0.257. The van der Waals surface area contributed by atoms with Crippen molar-refractivity contribution in [2.24, 2.45) is 0 Å². The second kappa shape index (κ2) is 14.4. The van der Waals surface area contributed by atoms with Crippen LogP contribution in [0.4, 0.5) is 16.2 Å². The number of rotatable bonds is 10. The molecule has 3 amide bonds. The van der Waals surface area contributed by atoms with Gasteiger partial charge in [0.25, 0.3) is 5.91 Å². The van der Waals surface area contributed by atoms with E-state index >= 15 is 0 Å². The number of nitrogens with zero attached hydrogens (tertiary/aromatic N) is 2. The third kappa shape index (κ3) is 8.14. The maximum Gasteiger partial charge on any atom is 0.326 e. The Kier molecular flexibility index (Phi) is 9.92. The van der Waals surface area contributed by atoms with Crippen molar-refractivity contribution in [3.05, 3.63) is 120 Å². The van der Waals surface area contributed by atoms with E-state index < -0.39 is 0 Å². The van der Waals surface area contributed by atoms with Crippen LogP contribution in [0.1, 0.15) is 34.3 Å². The Bertz CT molecular complexity index is 1490. The lowest BCUT2D eigenvalue weighted by Gasteiger charge is -2.32. The fourth-order valence-electron chi connectivity index (χ4n) is 5.12. The summed E-state index contributed by atoms with van der Waals surface area (Å²) in [5, 5.41) is 6.07. The third-order valence-corrected chi connectivity index (χ3v) is 7.65. The molecule has 1 aliphatic rings. The van der Waals surface area contributed by atoms with Crippen LogP contribution in [0.2, 0.25) is 0 Å². The summed E-state index contributed by atoms with van der Waals surface area (Å²) in [4.78, 5) is 30.1. The summed E-state index contributed by atoms with van der Waals surface area (Å²) in [7, 11) is 3.20. The van der Waals surface area contributed by atoms with E-state index in [-0.39, 0.29) is 18.0 Å². The second-order valence-electron chi connectivity index (χ2n) is 10.7. The minimum atomic E-state index is -0.320. The molecule has 1 heterocycles. The van der Waals surface area contributed by atoms with E-state index in [0.29, 0.717) is 35.0 Å². The zero-order valence-corrected chi connectivity index (χ0v) is 24.7. The van der Waals surface area contributed by atoms with Gasteiger partial charge in [-0.15, -0.1) is 0 Å². The molecule has 0 saturated carbocycles. The highest BCUT2D eigenvalue weighted by Gasteiger charge is 2.23. The SMILES string of the molecule is COc1cc(N(C)C(=O)Nc2ccc(OCc3ccccc3)cc2)ccc1C(=O)NC1CCN(Cc2ccccc2)CC1. The van der Waals surface area contributed by atoms with Gasteiger partial charge in [-0.3, -0.25) is 14.6 Å². The first-order valence-corrected chi connectivity index (χ1v) is 14.5. The lowest BCUT2D eigenvalue weighted by Crippen LogP contribution is -2.44. The number of anilines is 2. The van der Waals surface area contributed by atoms with Crippen molar-refractivity contribution in [2.45, 2.75) is 32.0 Å². The number of hydrogen-bond donors (Lipinski definition) is 2. The number of amides is 3. The van der Waals surface area contributed by atoms with Crippen LogP contribution < -0.4 is 25.0 Å². The Morgan fingerprint density at radius 1 is 0.860 bits per heavy atom. The zero-order valence-electron chi connectivity index (χ0n) is 24.7. The largest absolute Gasteiger partial charge is 0.496 e. The van der Waals surface area contributed by atoms with Crippen molar-refractivity contribution in [1.82, 2.24) is 10.2 Å². The van der Waals surface area contributed by atoms with Gasteiger partial charge in [0.1, 0.15) is 18.1 Å². The van der Waals surface area contributed by atoms with Crippen molar-refractivity contribution in [1.29, 1.82) is 0 Å². The van der Waals surface area contributed by atoms with Gasteiger partial charge in [-0.25, -0.2) is 4.79 Å². The Hall–Kier alpha value is -4.82. The van der Waals surface area contributed by atoms with Gasteiger partial charge in [0.15, 0.2) is 0 Å². The van der Waals surface area contributed by atoms with Crippen LogP contribution in [0.3, 0.4) is 0 Å². The van der Waals surface area contributed by atoms with Gasteiger partial charge in [0.2, 0.25) is 0 Å². The summed E-state index contributed by atoms with van der Waals surface area (Å²) >= 11 is 0. The van der Waals surface area contributed by atoms with Crippen LogP contribution in [0, 0.1) is 0 Å². The Morgan fingerprint density at radius 2 is 1.51 bits per heavy atom. The highest BCUT2D eigenvalue weighted by atomic mass is 16.5. The van der Waals surface area contributed by atoms with Crippen LogP contribution in [0.25, 0.3) is 0 Å². The van der Waals surface area contributed by atoms with Crippen molar-refractivity contribution < 1.29 is 19.1 Å². The highest BCUT2D eigenvalue weighted by molar-refractivity contribution is 6.02. The van der Waals surface area contributed by atoms with E-state index in [9.17, 15) is 9.59 Å². The van der Waals surface area contributed by atoms with E-state index in [1.165, 1.54) is 17.6 Å². The van der Waals surface area contributed by atoms with Gasteiger partial charge in [-0.05, 0) is 60.4 Å². The molecule has 0 bridgehead atoms. The molecule has 1 saturated heterocycles. The number of piperidine rings is 1. The van der Waals surface area contributed by atoms with Crippen molar-refractivity contribution in [3.8, 4) is 11.5 Å². The standard InChI is InChI=1S/C35H38N4O4/c1-38(35(41)37-28-13-16-31(17-14-28)43-25-27-11-7-4-8-12-27)30-15-18-32(33(23-30)42-2)34(40)36-29-19-21-39(22-20-29)24-26-9-5-3-6-10-26/h3-18,23,29H,19-22,24-25H2,1-2H3,(H,36,40)(H,37,41). The van der Waals surface area contributed by atoms with Crippen molar-refractivity contribution in [3.63, 3.8) is 0 Å². The summed E-state index contributed by atoms with van der Waals surface area (Å²) in [6, 6.07) is 32.6. The average Bonchev–Trinajstić information content (AvgIpc) is 3.05. The number of carbonyl (C=O) groups is 2. The smallest absolute Gasteiger partial charge is 0.326 e. The molecular formula is C35H38N4O4. The molecule has 0 spiro atoms. The number of nitrogens with one attached hydrogen (secondary N) is 2. The number of ether oxygens (including phenoxy) is 2. The summed E-state index contributed by atoms with van der Waals surface area (Å²) in [6.45, 7) is 3.25. The van der Waals surface area contributed by atoms with Gasteiger partial charge in [0.05, 0.1) is 12.7 Å². The molecule has 0 aromatic heterocycles. The monoisotopic (exact) mass is 578 g/mol. The van der Waals surface area contributed by atoms with E-state index in [0.717, 1.165) is 38.0 Å². The highest BCUT2D eigenvalue weighted by Crippen LogP contribution is 2.27. The molecule has 8 nitrogen and oxygen atoms in total. The topological polar surface area (TPSA) is 83.1 Å². The number of hydrogen-bond acceptors (Lipinski definition) is 5. The van der Waals surface area contributed by atoms with Crippen molar-refractivity contribution >= 4 is 23.3 Å². The number of urea groups is 1. The summed E-state index contributed by atoms with van der Waals surface area (Å²) in [5.41, 5.74) is 4.07. The Balaban J connectivity index is 1.12. The van der Waals surface area contributed by atoms with Gasteiger partial charge in [-0.1, -0.05) is 60.7 Å². The minimum absolute atomic E-state index is 0.104. The molecule has 222 valence electrons. The van der Waals surface area contributed by atoms with Crippen LogP contribution >= 0.6 is 0 Å². The minimum Gasteiger partial charge on any atom is -0.496 e. The number of benzene rings is 4.